The van der Waals surface area contributed by atoms with E-state index in [0.717, 1.165) is 43.6 Å². The monoisotopic (exact) mass is 274 g/mol. The third-order valence-corrected chi connectivity index (χ3v) is 3.97. The number of hydrogen-bond donors (Lipinski definition) is 2. The first-order valence-corrected chi connectivity index (χ1v) is 7.15. The Balaban J connectivity index is 1.35. The van der Waals surface area contributed by atoms with Crippen molar-refractivity contribution in [1.29, 1.82) is 0 Å². The minimum atomic E-state index is -0.0683. The van der Waals surface area contributed by atoms with Gasteiger partial charge in [-0.25, -0.2) is 9.37 Å². The lowest BCUT2D eigenvalue weighted by Gasteiger charge is -2.36. The maximum absolute atomic E-state index is 13.6. The van der Waals surface area contributed by atoms with Gasteiger partial charge in [0.05, 0.1) is 0 Å². The van der Waals surface area contributed by atoms with Crippen LogP contribution in [0, 0.1) is 5.82 Å². The van der Waals surface area contributed by atoms with Crippen LogP contribution in [0.4, 0.5) is 4.39 Å². The minimum absolute atomic E-state index is 0.0683. The van der Waals surface area contributed by atoms with Crippen LogP contribution in [-0.4, -0.2) is 27.8 Å². The highest BCUT2D eigenvalue weighted by molar-refractivity contribution is 5.24. The third-order valence-electron chi connectivity index (χ3n) is 3.97. The highest BCUT2D eigenvalue weighted by Crippen LogP contribution is 2.37. The van der Waals surface area contributed by atoms with Crippen LogP contribution in [0.1, 0.15) is 36.6 Å². The Kier molecular flexibility index (Phi) is 4.06. The molecule has 1 saturated carbocycles. The summed E-state index contributed by atoms with van der Waals surface area (Å²) >= 11 is 0. The molecule has 0 atom stereocenters. The van der Waals surface area contributed by atoms with Gasteiger partial charge >= 0.3 is 0 Å². The number of H-pyrrole nitrogens is 1. The fraction of sp³-hybridized carbons (Fsp3) is 0.467. The standard InChI is InChI=1S/C15H19FN4/c16-14-5-2-1-4-13(14)11-8-12(9-11)17-7-3-6-15-18-10-19-20-15/h1-2,4-5,10-12,17H,3,6-9H2,(H,18,19,20). The molecule has 3 rings (SSSR count). The zero-order valence-electron chi connectivity index (χ0n) is 11.3. The average molecular weight is 274 g/mol. The van der Waals surface area contributed by atoms with E-state index in [4.69, 9.17) is 0 Å². The average Bonchev–Trinajstić information content (AvgIpc) is 2.91. The molecule has 0 saturated heterocycles. The van der Waals surface area contributed by atoms with Gasteiger partial charge in [0.15, 0.2) is 0 Å². The molecular formula is C15H19FN4. The van der Waals surface area contributed by atoms with Gasteiger partial charge in [-0.3, -0.25) is 5.10 Å². The van der Waals surface area contributed by atoms with Crippen molar-refractivity contribution in [2.75, 3.05) is 6.54 Å². The van der Waals surface area contributed by atoms with Gasteiger partial charge in [-0.15, -0.1) is 0 Å². The smallest absolute Gasteiger partial charge is 0.137 e. The second-order valence-corrected chi connectivity index (χ2v) is 5.38. The quantitative estimate of drug-likeness (QED) is 0.795. The fourth-order valence-electron chi connectivity index (χ4n) is 2.76. The van der Waals surface area contributed by atoms with E-state index in [1.807, 2.05) is 12.1 Å². The summed E-state index contributed by atoms with van der Waals surface area (Å²) in [7, 11) is 0. The maximum atomic E-state index is 13.6. The summed E-state index contributed by atoms with van der Waals surface area (Å²) in [5.74, 6) is 1.24. The molecule has 1 aliphatic carbocycles. The highest BCUT2D eigenvalue weighted by Gasteiger charge is 2.31. The topological polar surface area (TPSA) is 53.6 Å². The molecule has 0 aliphatic heterocycles. The Morgan fingerprint density at radius 1 is 1.30 bits per heavy atom. The van der Waals surface area contributed by atoms with Gasteiger partial charge in [0.25, 0.3) is 0 Å². The van der Waals surface area contributed by atoms with Crippen LogP contribution in [0.5, 0.6) is 0 Å². The van der Waals surface area contributed by atoms with Crippen LogP contribution in [-0.2, 0) is 6.42 Å². The van der Waals surface area contributed by atoms with Crippen molar-refractivity contribution in [3.05, 3.63) is 47.8 Å². The van der Waals surface area contributed by atoms with E-state index in [9.17, 15) is 4.39 Å². The van der Waals surface area contributed by atoms with E-state index < -0.39 is 0 Å². The van der Waals surface area contributed by atoms with Crippen molar-refractivity contribution < 1.29 is 4.39 Å². The van der Waals surface area contributed by atoms with Crippen molar-refractivity contribution in [2.24, 2.45) is 0 Å². The zero-order chi connectivity index (χ0) is 13.8. The molecule has 1 aromatic carbocycles. The molecule has 0 amide bonds. The van der Waals surface area contributed by atoms with E-state index in [1.54, 1.807) is 12.1 Å². The largest absolute Gasteiger partial charge is 0.314 e. The molecule has 0 unspecified atom stereocenters. The predicted octanol–water partition coefficient (Wildman–Crippen LogP) is 2.41. The molecule has 2 N–H and O–H groups in total. The number of aryl methyl sites for hydroxylation is 1. The van der Waals surface area contributed by atoms with Crippen molar-refractivity contribution in [2.45, 2.75) is 37.6 Å². The normalized spacial score (nSPS) is 21.6. The summed E-state index contributed by atoms with van der Waals surface area (Å²) in [4.78, 5) is 4.09. The van der Waals surface area contributed by atoms with Crippen LogP contribution in [0.2, 0.25) is 0 Å². The van der Waals surface area contributed by atoms with Gasteiger partial charge in [0.1, 0.15) is 18.0 Å². The van der Waals surface area contributed by atoms with E-state index in [1.165, 1.54) is 6.33 Å². The Morgan fingerprint density at radius 2 is 2.15 bits per heavy atom. The molecule has 1 heterocycles. The van der Waals surface area contributed by atoms with Gasteiger partial charge < -0.3 is 5.32 Å². The first-order valence-electron chi connectivity index (χ1n) is 7.15. The Bertz CT molecular complexity index is 535. The van der Waals surface area contributed by atoms with Crippen LogP contribution in [0.3, 0.4) is 0 Å². The fourth-order valence-corrected chi connectivity index (χ4v) is 2.76. The maximum Gasteiger partial charge on any atom is 0.137 e. The number of rotatable bonds is 6. The highest BCUT2D eigenvalue weighted by atomic mass is 19.1. The number of benzene rings is 1. The van der Waals surface area contributed by atoms with Crippen LogP contribution < -0.4 is 5.32 Å². The molecule has 20 heavy (non-hydrogen) atoms. The minimum Gasteiger partial charge on any atom is -0.314 e. The van der Waals surface area contributed by atoms with Gasteiger partial charge in [0, 0.05) is 12.5 Å². The summed E-state index contributed by atoms with van der Waals surface area (Å²) in [6.45, 7) is 0.968. The van der Waals surface area contributed by atoms with E-state index in [2.05, 4.69) is 20.5 Å². The number of halogens is 1. The number of nitrogens with one attached hydrogen (secondary N) is 2. The molecule has 0 bridgehead atoms. The van der Waals surface area contributed by atoms with E-state index in [-0.39, 0.29) is 5.82 Å². The molecule has 4 nitrogen and oxygen atoms in total. The second-order valence-electron chi connectivity index (χ2n) is 5.38. The lowest BCUT2D eigenvalue weighted by Crippen LogP contribution is -2.40. The van der Waals surface area contributed by atoms with Crippen molar-refractivity contribution >= 4 is 0 Å². The molecule has 0 spiro atoms. The Morgan fingerprint density at radius 3 is 2.90 bits per heavy atom. The zero-order valence-corrected chi connectivity index (χ0v) is 11.3. The number of hydrogen-bond acceptors (Lipinski definition) is 3. The summed E-state index contributed by atoms with van der Waals surface area (Å²) in [6, 6.07) is 7.63. The molecule has 0 radical (unpaired) electrons. The number of aromatic nitrogens is 3. The summed E-state index contributed by atoms with van der Waals surface area (Å²) in [5, 5.41) is 10.2. The van der Waals surface area contributed by atoms with Gasteiger partial charge in [-0.05, 0) is 43.4 Å². The molecule has 1 aromatic heterocycles. The molecule has 1 aliphatic rings. The van der Waals surface area contributed by atoms with Crippen LogP contribution in [0.15, 0.2) is 30.6 Å². The molecule has 1 fully saturated rings. The van der Waals surface area contributed by atoms with Crippen molar-refractivity contribution in [3.8, 4) is 0 Å². The van der Waals surface area contributed by atoms with Crippen molar-refractivity contribution in [3.63, 3.8) is 0 Å². The van der Waals surface area contributed by atoms with Crippen LogP contribution >= 0.6 is 0 Å². The molecular weight excluding hydrogens is 255 g/mol. The Hall–Kier alpha value is -1.75. The summed E-state index contributed by atoms with van der Waals surface area (Å²) in [6.07, 6.45) is 5.55. The third kappa shape index (κ3) is 3.04. The predicted molar refractivity (Wildman–Crippen MR) is 74.9 cm³/mol. The molecule has 2 aromatic rings. The summed E-state index contributed by atoms with van der Waals surface area (Å²) < 4.78 is 13.6. The summed E-state index contributed by atoms with van der Waals surface area (Å²) in [5.41, 5.74) is 0.868. The molecule has 106 valence electrons. The Labute approximate surface area is 117 Å². The molecule has 5 heteroatoms. The number of aromatic amines is 1. The second kappa shape index (κ2) is 6.13. The lowest BCUT2D eigenvalue weighted by molar-refractivity contribution is 0.285. The number of nitrogens with zero attached hydrogens (tertiary/aromatic N) is 2. The lowest BCUT2D eigenvalue weighted by atomic mass is 9.75. The van der Waals surface area contributed by atoms with E-state index in [0.29, 0.717) is 12.0 Å². The SMILES string of the molecule is Fc1ccccc1C1CC(NCCCc2ncn[nH]2)C1. The van der Waals surface area contributed by atoms with Crippen LogP contribution in [0.25, 0.3) is 0 Å². The van der Waals surface area contributed by atoms with Gasteiger partial charge in [-0.1, -0.05) is 18.2 Å². The van der Waals surface area contributed by atoms with Gasteiger partial charge in [-0.2, -0.15) is 5.10 Å². The van der Waals surface area contributed by atoms with Crippen molar-refractivity contribution in [1.82, 2.24) is 20.5 Å². The van der Waals surface area contributed by atoms with E-state index >= 15 is 0 Å². The first-order chi connectivity index (χ1) is 9.83. The van der Waals surface area contributed by atoms with Gasteiger partial charge in [0.2, 0.25) is 0 Å². The first kappa shape index (κ1) is 13.2.